The van der Waals surface area contributed by atoms with Crippen molar-refractivity contribution in [3.8, 4) is 0 Å². The highest BCUT2D eigenvalue weighted by molar-refractivity contribution is 14.1. The Labute approximate surface area is 244 Å². The summed E-state index contributed by atoms with van der Waals surface area (Å²) in [5.74, 6) is -1.71. The Morgan fingerprint density at radius 3 is 1.77 bits per heavy atom. The molecule has 39 heavy (non-hydrogen) atoms. The zero-order valence-electron chi connectivity index (χ0n) is 22.5. The highest BCUT2D eigenvalue weighted by Gasteiger charge is 2.69. The van der Waals surface area contributed by atoms with Crippen LogP contribution in [-0.2, 0) is 29.8 Å². The maximum absolute atomic E-state index is 13.6. The van der Waals surface area contributed by atoms with E-state index in [2.05, 4.69) is 22.6 Å². The summed E-state index contributed by atoms with van der Waals surface area (Å²) in [5, 5.41) is 0. The third-order valence-corrected chi connectivity index (χ3v) is 13.7. The Morgan fingerprint density at radius 2 is 1.33 bits per heavy atom. The zero-order chi connectivity index (χ0) is 29.0. The van der Waals surface area contributed by atoms with Gasteiger partial charge in [-0.05, 0) is 77.6 Å². The molecule has 0 amide bonds. The van der Waals surface area contributed by atoms with Gasteiger partial charge in [-0.2, -0.15) is 16.8 Å². The molecule has 0 aromatic carbocycles. The van der Waals surface area contributed by atoms with Gasteiger partial charge in [-0.3, -0.25) is 18.7 Å². The van der Waals surface area contributed by atoms with Crippen LogP contribution in [0.25, 0.3) is 0 Å². The van der Waals surface area contributed by atoms with E-state index in [1.807, 2.05) is 58.1 Å². The molecule has 5 aliphatic rings. The maximum atomic E-state index is 13.6. The van der Waals surface area contributed by atoms with Crippen LogP contribution in [0.2, 0.25) is 0 Å². The Balaban J connectivity index is 1.41. The quantitative estimate of drug-likeness (QED) is 0.177. The van der Waals surface area contributed by atoms with Gasteiger partial charge in [0.05, 0.1) is 25.8 Å². The van der Waals surface area contributed by atoms with E-state index in [9.17, 15) is 35.5 Å². The lowest BCUT2D eigenvalue weighted by Crippen LogP contribution is -2.42. The SMILES string of the molecule is CC1(C)C2CCC1(CS(=O)(=O)O)C(=O)/C2=C\C1=CC[C@@](I)(/C=C2\C(=O)C3(CS(=O)(=O)O)CCC2C3(C)C)C=C1. The minimum Gasteiger partial charge on any atom is -0.294 e. The molecular weight excluding hydrogens is 655 g/mol. The molecule has 5 aliphatic carbocycles. The molecule has 8 nitrogen and oxygen atoms in total. The second-order valence-corrected chi connectivity index (χ2v) is 18.2. The summed E-state index contributed by atoms with van der Waals surface area (Å²) < 4.78 is 66.0. The van der Waals surface area contributed by atoms with E-state index in [0.717, 1.165) is 5.57 Å². The van der Waals surface area contributed by atoms with Gasteiger partial charge < -0.3 is 0 Å². The van der Waals surface area contributed by atoms with Gasteiger partial charge in [0.25, 0.3) is 20.2 Å². The Kier molecular flexibility index (Phi) is 6.53. The minimum absolute atomic E-state index is 0.0906. The van der Waals surface area contributed by atoms with Crippen molar-refractivity contribution < 1.29 is 35.5 Å². The summed E-state index contributed by atoms with van der Waals surface area (Å²) in [4.78, 5) is 27.1. The van der Waals surface area contributed by atoms with Crippen LogP contribution in [0, 0.1) is 33.5 Å². The van der Waals surface area contributed by atoms with Gasteiger partial charge >= 0.3 is 0 Å². The van der Waals surface area contributed by atoms with Crippen LogP contribution in [0.3, 0.4) is 0 Å². The van der Waals surface area contributed by atoms with Crippen molar-refractivity contribution in [3.05, 3.63) is 47.1 Å². The molecule has 214 valence electrons. The molecule has 4 saturated carbocycles. The monoisotopic (exact) mass is 690 g/mol. The van der Waals surface area contributed by atoms with E-state index in [1.54, 1.807) is 0 Å². The molecule has 11 heteroatoms. The van der Waals surface area contributed by atoms with Crippen molar-refractivity contribution in [2.24, 2.45) is 33.5 Å². The van der Waals surface area contributed by atoms with E-state index >= 15 is 0 Å². The molecule has 5 rings (SSSR count). The highest BCUT2D eigenvalue weighted by Crippen LogP contribution is 2.67. The van der Waals surface area contributed by atoms with Crippen LogP contribution in [0.15, 0.2) is 47.1 Å². The summed E-state index contributed by atoms with van der Waals surface area (Å²) in [7, 11) is -8.66. The average molecular weight is 691 g/mol. The molecule has 0 aliphatic heterocycles. The lowest BCUT2D eigenvalue weighted by Gasteiger charge is -2.34. The predicted octanol–water partition coefficient (Wildman–Crippen LogP) is 4.69. The third-order valence-electron chi connectivity index (χ3n) is 10.9. The number of rotatable bonds is 6. The first-order chi connectivity index (χ1) is 17.7. The number of hydrogen-bond donors (Lipinski definition) is 2. The van der Waals surface area contributed by atoms with Crippen LogP contribution < -0.4 is 0 Å². The standard InChI is InChI=1S/C28H35IO8S2/c1-24(2)20-7-11-27(24,15-38(32,33)34)22(30)18(20)13-17-5-9-26(29,10-6-17)14-19-21-8-12-28(23(19)31,25(21,3)4)16-39(35,36)37/h5-6,9,13-14,20-21H,7-8,10-12,15-16H2,1-4H3,(H,32,33,34)(H,35,36,37)/b18-13-,19-14-/t20?,21?,26-,27?,28?/m1/s1. The molecule has 0 radical (unpaired) electrons. The second kappa shape index (κ2) is 8.68. The second-order valence-electron chi connectivity index (χ2n) is 13.3. The van der Waals surface area contributed by atoms with Crippen LogP contribution in [0.4, 0.5) is 0 Å². The predicted molar refractivity (Wildman–Crippen MR) is 155 cm³/mol. The van der Waals surface area contributed by atoms with Gasteiger partial charge in [-0.1, -0.05) is 74.6 Å². The maximum Gasteiger partial charge on any atom is 0.265 e. The van der Waals surface area contributed by atoms with Crippen molar-refractivity contribution in [2.45, 2.75) is 63.2 Å². The number of ketones is 2. The third kappa shape index (κ3) is 4.31. The van der Waals surface area contributed by atoms with Crippen molar-refractivity contribution in [1.29, 1.82) is 0 Å². The summed E-state index contributed by atoms with van der Waals surface area (Å²) in [5.41, 5.74) is -1.37. The molecule has 5 atom stereocenters. The number of allylic oxidation sites excluding steroid dienone is 8. The van der Waals surface area contributed by atoms with Crippen molar-refractivity contribution in [3.63, 3.8) is 0 Å². The molecule has 0 aromatic rings. The van der Waals surface area contributed by atoms with Crippen LogP contribution in [-0.4, -0.2) is 52.4 Å². The van der Waals surface area contributed by atoms with Gasteiger partial charge in [-0.25, -0.2) is 0 Å². The van der Waals surface area contributed by atoms with Gasteiger partial charge in [0.2, 0.25) is 0 Å². The van der Waals surface area contributed by atoms with Gasteiger partial charge in [0.1, 0.15) is 0 Å². The zero-order valence-corrected chi connectivity index (χ0v) is 26.3. The number of carbonyl (C=O) groups is 2. The highest BCUT2D eigenvalue weighted by atomic mass is 127. The van der Waals surface area contributed by atoms with E-state index in [0.29, 0.717) is 43.3 Å². The van der Waals surface area contributed by atoms with E-state index < -0.39 is 56.8 Å². The van der Waals surface area contributed by atoms with E-state index in [1.165, 1.54) is 0 Å². The lowest BCUT2D eigenvalue weighted by molar-refractivity contribution is -0.126. The molecule has 4 bridgehead atoms. The minimum atomic E-state index is -4.33. The number of alkyl halides is 1. The summed E-state index contributed by atoms with van der Waals surface area (Å²) in [6.07, 6.45) is 12.5. The first-order valence-electron chi connectivity index (χ1n) is 13.2. The van der Waals surface area contributed by atoms with Gasteiger partial charge in [-0.15, -0.1) is 0 Å². The van der Waals surface area contributed by atoms with Gasteiger partial charge in [0, 0.05) is 0 Å². The fraction of sp³-hybridized carbons (Fsp3) is 0.643. The summed E-state index contributed by atoms with van der Waals surface area (Å²) >= 11 is 2.29. The Morgan fingerprint density at radius 1 is 0.872 bits per heavy atom. The lowest BCUT2D eigenvalue weighted by atomic mass is 9.70. The Bertz CT molecular complexity index is 1510. The first kappa shape index (κ1) is 29.3. The molecule has 0 aromatic heterocycles. The van der Waals surface area contributed by atoms with Crippen LogP contribution in [0.1, 0.15) is 59.8 Å². The molecule has 0 heterocycles. The van der Waals surface area contributed by atoms with E-state index in [-0.39, 0.29) is 23.4 Å². The van der Waals surface area contributed by atoms with Crippen LogP contribution >= 0.6 is 22.6 Å². The topological polar surface area (TPSA) is 143 Å². The van der Waals surface area contributed by atoms with Crippen molar-refractivity contribution >= 4 is 54.4 Å². The largest absolute Gasteiger partial charge is 0.294 e. The van der Waals surface area contributed by atoms with E-state index in [4.69, 9.17) is 0 Å². The van der Waals surface area contributed by atoms with Crippen molar-refractivity contribution in [2.75, 3.05) is 11.5 Å². The molecule has 2 N–H and O–H groups in total. The number of fused-ring (bicyclic) bond motifs is 4. The van der Waals surface area contributed by atoms with Crippen molar-refractivity contribution in [1.82, 2.24) is 0 Å². The number of hydrogen-bond acceptors (Lipinski definition) is 6. The van der Waals surface area contributed by atoms with Crippen LogP contribution in [0.5, 0.6) is 0 Å². The normalized spacial score (nSPS) is 40.7. The fourth-order valence-corrected chi connectivity index (χ4v) is 11.8. The number of Topliss-reactive ketones (excluding diaryl/α,β-unsaturated/α-hetero) is 2. The fourth-order valence-electron chi connectivity index (χ4n) is 8.48. The van der Waals surface area contributed by atoms with Gasteiger partial charge in [0.15, 0.2) is 11.6 Å². The number of halogens is 1. The molecular formula is C28H35IO8S2. The summed E-state index contributed by atoms with van der Waals surface area (Å²) in [6, 6.07) is 0. The molecule has 4 fully saturated rings. The molecule has 4 unspecified atom stereocenters. The summed E-state index contributed by atoms with van der Waals surface area (Å²) in [6.45, 7) is 7.64. The first-order valence-corrected chi connectivity index (χ1v) is 17.5. The smallest absolute Gasteiger partial charge is 0.265 e. The molecule has 0 spiro atoms. The average Bonchev–Trinajstić information content (AvgIpc) is 3.27. The molecule has 0 saturated heterocycles. The Hall–Kier alpha value is -1.15. The number of carbonyl (C=O) groups excluding carboxylic acids is 2.